The number of carbonyl (C=O) groups excluding carboxylic acids is 1. The van der Waals surface area contributed by atoms with Crippen molar-refractivity contribution in [1.82, 2.24) is 0 Å². The van der Waals surface area contributed by atoms with Crippen molar-refractivity contribution in [1.29, 1.82) is 0 Å². The standard InChI is InChI=1S/C26H46NO5P/c1-3-4-5-6-7-8-9-10-11-12-13-14-15-16-17-21-26(28)27-24-19-18-20-25(32-2)23(24)22-33(29,30)31/h18-20H,3-17,21-22H2,1-2H3,(H,27,28)(H2,29,30,31). The van der Waals surface area contributed by atoms with E-state index in [1.807, 2.05) is 0 Å². The highest BCUT2D eigenvalue weighted by Gasteiger charge is 2.21. The van der Waals surface area contributed by atoms with Crippen LogP contribution in [0.1, 0.15) is 115 Å². The molecule has 0 spiro atoms. The largest absolute Gasteiger partial charge is 0.496 e. The average molecular weight is 484 g/mol. The van der Waals surface area contributed by atoms with Gasteiger partial charge < -0.3 is 19.8 Å². The van der Waals surface area contributed by atoms with Crippen LogP contribution < -0.4 is 10.1 Å². The lowest BCUT2D eigenvalue weighted by Gasteiger charge is -2.15. The number of nitrogens with one attached hydrogen (secondary N) is 1. The fourth-order valence-corrected chi connectivity index (χ4v) is 4.85. The quantitative estimate of drug-likeness (QED) is 0.131. The van der Waals surface area contributed by atoms with Gasteiger partial charge in [-0.25, -0.2) is 0 Å². The number of carbonyl (C=O) groups is 1. The van der Waals surface area contributed by atoms with Gasteiger partial charge in [-0.3, -0.25) is 9.36 Å². The normalized spacial score (nSPS) is 11.5. The van der Waals surface area contributed by atoms with Crippen molar-refractivity contribution >= 4 is 19.2 Å². The molecule has 190 valence electrons. The van der Waals surface area contributed by atoms with Gasteiger partial charge in [-0.15, -0.1) is 0 Å². The molecule has 6 nitrogen and oxygen atoms in total. The van der Waals surface area contributed by atoms with Crippen LogP contribution in [0.15, 0.2) is 18.2 Å². The van der Waals surface area contributed by atoms with Crippen LogP contribution >= 0.6 is 7.60 Å². The summed E-state index contributed by atoms with van der Waals surface area (Å²) in [6, 6.07) is 4.98. The molecule has 1 amide bonds. The van der Waals surface area contributed by atoms with Crippen LogP contribution in [0.25, 0.3) is 0 Å². The molecule has 0 atom stereocenters. The SMILES string of the molecule is CCCCCCCCCCCCCCCCCC(=O)Nc1cccc(OC)c1CP(=O)(O)O. The predicted octanol–water partition coefficient (Wildman–Crippen LogP) is 7.57. The Morgan fingerprint density at radius 1 is 0.848 bits per heavy atom. The fourth-order valence-electron chi connectivity index (χ4n) is 4.11. The Bertz CT molecular complexity index is 704. The van der Waals surface area contributed by atoms with Crippen LogP contribution in [0.3, 0.4) is 0 Å². The zero-order chi connectivity index (χ0) is 24.4. The maximum atomic E-state index is 12.3. The Morgan fingerprint density at radius 3 is 1.79 bits per heavy atom. The number of hydrogen-bond acceptors (Lipinski definition) is 3. The third-order valence-electron chi connectivity index (χ3n) is 6.00. The molecule has 0 saturated carbocycles. The van der Waals surface area contributed by atoms with Gasteiger partial charge in [0.05, 0.1) is 13.3 Å². The van der Waals surface area contributed by atoms with Gasteiger partial charge in [0.2, 0.25) is 5.91 Å². The molecule has 1 aromatic carbocycles. The van der Waals surface area contributed by atoms with Gasteiger partial charge in [0, 0.05) is 17.7 Å². The van der Waals surface area contributed by atoms with Crippen molar-refractivity contribution in [2.45, 2.75) is 116 Å². The Morgan fingerprint density at radius 2 is 1.33 bits per heavy atom. The molecule has 1 rings (SSSR count). The van der Waals surface area contributed by atoms with E-state index in [1.165, 1.54) is 84.2 Å². The average Bonchev–Trinajstić information content (AvgIpc) is 2.76. The summed E-state index contributed by atoms with van der Waals surface area (Å²) in [6.45, 7) is 2.26. The molecule has 0 aliphatic carbocycles. The highest BCUT2D eigenvalue weighted by Crippen LogP contribution is 2.44. The number of hydrogen-bond donors (Lipinski definition) is 3. The smallest absolute Gasteiger partial charge is 0.330 e. The molecule has 0 aliphatic rings. The van der Waals surface area contributed by atoms with Crippen molar-refractivity contribution in [2.75, 3.05) is 12.4 Å². The Labute approximate surface area is 201 Å². The summed E-state index contributed by atoms with van der Waals surface area (Å²) in [6.07, 6.45) is 19.1. The number of unbranched alkanes of at least 4 members (excludes halogenated alkanes) is 14. The van der Waals surface area contributed by atoms with E-state index in [9.17, 15) is 19.1 Å². The molecule has 33 heavy (non-hydrogen) atoms. The minimum absolute atomic E-state index is 0.134. The first kappa shape index (κ1) is 29.7. The van der Waals surface area contributed by atoms with Crippen LogP contribution in [0.4, 0.5) is 5.69 Å². The number of rotatable bonds is 20. The summed E-state index contributed by atoms with van der Waals surface area (Å²) in [4.78, 5) is 31.0. The van der Waals surface area contributed by atoms with Crippen molar-refractivity contribution < 1.29 is 23.9 Å². The zero-order valence-electron chi connectivity index (χ0n) is 20.8. The first-order valence-corrected chi connectivity index (χ1v) is 14.7. The monoisotopic (exact) mass is 483 g/mol. The number of ether oxygens (including phenoxy) is 1. The van der Waals surface area contributed by atoms with E-state index in [4.69, 9.17) is 4.74 Å². The lowest BCUT2D eigenvalue weighted by Crippen LogP contribution is -2.13. The minimum atomic E-state index is -4.28. The van der Waals surface area contributed by atoms with Gasteiger partial charge in [-0.2, -0.15) is 0 Å². The zero-order valence-corrected chi connectivity index (χ0v) is 21.7. The molecule has 7 heteroatoms. The number of amides is 1. The number of methoxy groups -OCH3 is 1. The van der Waals surface area contributed by atoms with Crippen LogP contribution in [0.5, 0.6) is 5.75 Å². The lowest BCUT2D eigenvalue weighted by atomic mass is 10.0. The predicted molar refractivity (Wildman–Crippen MR) is 137 cm³/mol. The summed E-state index contributed by atoms with van der Waals surface area (Å²) < 4.78 is 16.7. The summed E-state index contributed by atoms with van der Waals surface area (Å²) in [7, 11) is -2.84. The van der Waals surface area contributed by atoms with E-state index in [2.05, 4.69) is 12.2 Å². The van der Waals surface area contributed by atoms with Crippen molar-refractivity contribution in [3.05, 3.63) is 23.8 Å². The third-order valence-corrected chi connectivity index (χ3v) is 6.73. The molecule has 0 bridgehead atoms. The van der Waals surface area contributed by atoms with Gasteiger partial charge >= 0.3 is 7.60 Å². The molecular weight excluding hydrogens is 437 g/mol. The second-order valence-corrected chi connectivity index (χ2v) is 10.7. The molecular formula is C26H46NO5P. The molecule has 0 aliphatic heterocycles. The van der Waals surface area contributed by atoms with Gasteiger partial charge in [0.1, 0.15) is 5.75 Å². The summed E-state index contributed by atoms with van der Waals surface area (Å²) in [5.74, 6) is 0.230. The second kappa shape index (κ2) is 18.0. The van der Waals surface area contributed by atoms with E-state index in [0.29, 0.717) is 23.4 Å². The van der Waals surface area contributed by atoms with E-state index < -0.39 is 13.8 Å². The topological polar surface area (TPSA) is 95.9 Å². The highest BCUT2D eigenvalue weighted by atomic mass is 31.2. The van der Waals surface area contributed by atoms with Gasteiger partial charge in [-0.05, 0) is 18.6 Å². The first-order chi connectivity index (χ1) is 15.9. The van der Waals surface area contributed by atoms with E-state index in [0.717, 1.165) is 19.3 Å². The highest BCUT2D eigenvalue weighted by molar-refractivity contribution is 7.50. The van der Waals surface area contributed by atoms with Crippen molar-refractivity contribution in [3.63, 3.8) is 0 Å². The molecule has 0 radical (unpaired) electrons. The number of anilines is 1. The van der Waals surface area contributed by atoms with E-state index >= 15 is 0 Å². The maximum Gasteiger partial charge on any atom is 0.330 e. The van der Waals surface area contributed by atoms with Crippen LogP contribution in [-0.4, -0.2) is 22.8 Å². The van der Waals surface area contributed by atoms with Crippen LogP contribution in [0.2, 0.25) is 0 Å². The molecule has 1 aromatic rings. The van der Waals surface area contributed by atoms with Gasteiger partial charge in [0.15, 0.2) is 0 Å². The summed E-state index contributed by atoms with van der Waals surface area (Å²) >= 11 is 0. The minimum Gasteiger partial charge on any atom is -0.496 e. The Hall–Kier alpha value is -1.36. The van der Waals surface area contributed by atoms with E-state index in [-0.39, 0.29) is 5.91 Å². The Kier molecular flexibility index (Phi) is 16.2. The lowest BCUT2D eigenvalue weighted by molar-refractivity contribution is -0.116. The molecule has 0 heterocycles. The third kappa shape index (κ3) is 15.2. The summed E-state index contributed by atoms with van der Waals surface area (Å²) in [5, 5.41) is 2.80. The number of benzene rings is 1. The van der Waals surface area contributed by atoms with Crippen LogP contribution in [-0.2, 0) is 15.5 Å². The van der Waals surface area contributed by atoms with Crippen molar-refractivity contribution in [2.24, 2.45) is 0 Å². The maximum absolute atomic E-state index is 12.3. The van der Waals surface area contributed by atoms with Crippen molar-refractivity contribution in [3.8, 4) is 5.75 Å². The molecule has 0 fully saturated rings. The van der Waals surface area contributed by atoms with Crippen LogP contribution in [0, 0.1) is 0 Å². The van der Waals surface area contributed by atoms with Gasteiger partial charge in [0.25, 0.3) is 0 Å². The van der Waals surface area contributed by atoms with E-state index in [1.54, 1.807) is 18.2 Å². The van der Waals surface area contributed by atoms with Gasteiger partial charge in [-0.1, -0.05) is 103 Å². The molecule has 0 saturated heterocycles. The summed E-state index contributed by atoms with van der Waals surface area (Å²) in [5.41, 5.74) is 0.738. The Balaban J connectivity index is 2.12. The fraction of sp³-hybridized carbons (Fsp3) is 0.731. The molecule has 0 unspecified atom stereocenters. The molecule has 3 N–H and O–H groups in total. The first-order valence-electron chi connectivity index (χ1n) is 12.9. The molecule has 0 aromatic heterocycles. The second-order valence-electron chi connectivity index (χ2n) is 9.06.